The van der Waals surface area contributed by atoms with Crippen LogP contribution in [0, 0.1) is 0 Å². The lowest BCUT2D eigenvalue weighted by molar-refractivity contribution is 0.864. The summed E-state index contributed by atoms with van der Waals surface area (Å²) in [5, 5.41) is 4.05. The fourth-order valence-electron chi connectivity index (χ4n) is 1.13. The normalized spacial score (nSPS) is 11.8. The highest BCUT2D eigenvalue weighted by Crippen LogP contribution is 2.12. The third kappa shape index (κ3) is 2.49. The molecule has 0 saturated carbocycles. The first-order valence-electron chi connectivity index (χ1n) is 4.66. The minimum absolute atomic E-state index is 0.686. The molecular weight excluding hydrogens is 198 g/mol. The molecule has 1 rings (SSSR count). The highest BCUT2D eigenvalue weighted by molar-refractivity contribution is 7.08. The number of hydrogen-bond acceptors (Lipinski definition) is 5. The summed E-state index contributed by atoms with van der Waals surface area (Å²) >= 11 is 1.33. The first kappa shape index (κ1) is 11.1. The monoisotopic (exact) mass is 213 g/mol. The zero-order valence-electron chi connectivity index (χ0n) is 8.45. The van der Waals surface area contributed by atoms with Gasteiger partial charge in [-0.25, -0.2) is 5.84 Å². The smallest absolute Gasteiger partial charge is 0.156 e. The molecule has 0 aliphatic heterocycles. The van der Waals surface area contributed by atoms with Crippen LogP contribution >= 0.6 is 11.5 Å². The van der Waals surface area contributed by atoms with Crippen molar-refractivity contribution in [3.8, 4) is 0 Å². The molecule has 0 aliphatic rings. The maximum absolute atomic E-state index is 5.39. The van der Waals surface area contributed by atoms with E-state index in [0.717, 1.165) is 23.4 Å². The van der Waals surface area contributed by atoms with E-state index in [0.29, 0.717) is 12.4 Å². The van der Waals surface area contributed by atoms with Crippen molar-refractivity contribution >= 4 is 17.4 Å². The summed E-state index contributed by atoms with van der Waals surface area (Å²) in [6.07, 6.45) is 1.96. The summed E-state index contributed by atoms with van der Waals surface area (Å²) in [4.78, 5) is 5.19. The summed E-state index contributed by atoms with van der Waals surface area (Å²) in [5.41, 5.74) is 3.56. The fourth-order valence-corrected chi connectivity index (χ4v) is 1.81. The Bertz CT molecular complexity index is 306. The van der Waals surface area contributed by atoms with Crippen LogP contribution in [0.25, 0.3) is 0 Å². The Morgan fingerprint density at radius 2 is 2.36 bits per heavy atom. The van der Waals surface area contributed by atoms with Crippen LogP contribution in [-0.2, 0) is 6.42 Å². The number of amidine groups is 1. The van der Waals surface area contributed by atoms with Crippen LogP contribution in [-0.4, -0.2) is 22.0 Å². The highest BCUT2D eigenvalue weighted by Gasteiger charge is 2.11. The van der Waals surface area contributed by atoms with Crippen molar-refractivity contribution in [2.24, 2.45) is 10.8 Å². The third-order valence-electron chi connectivity index (χ3n) is 1.71. The largest absolute Gasteiger partial charge is 0.307 e. The van der Waals surface area contributed by atoms with Gasteiger partial charge in [0, 0.05) is 6.54 Å². The van der Waals surface area contributed by atoms with Gasteiger partial charge in [-0.2, -0.15) is 0 Å². The molecule has 6 heteroatoms. The molecule has 0 spiro atoms. The van der Waals surface area contributed by atoms with Crippen LogP contribution in [0.4, 0.5) is 0 Å². The number of nitrogens with zero attached hydrogens (tertiary/aromatic N) is 3. The number of nitrogens with two attached hydrogens (primary N) is 1. The maximum atomic E-state index is 5.39. The Hall–Kier alpha value is -1.01. The van der Waals surface area contributed by atoms with Gasteiger partial charge in [-0.3, -0.25) is 4.99 Å². The first-order valence-corrected chi connectivity index (χ1v) is 5.43. The molecule has 1 aromatic rings. The SMILES string of the molecule is CCCc1nnsc1C(=NCC)NN. The minimum atomic E-state index is 0.686. The minimum Gasteiger partial charge on any atom is -0.307 e. The molecule has 0 aromatic carbocycles. The van der Waals surface area contributed by atoms with E-state index in [1.807, 2.05) is 6.92 Å². The molecular formula is C8H15N5S. The summed E-state index contributed by atoms with van der Waals surface area (Å²) in [7, 11) is 0. The zero-order valence-corrected chi connectivity index (χ0v) is 9.27. The van der Waals surface area contributed by atoms with Gasteiger partial charge in [0.05, 0.1) is 5.69 Å². The van der Waals surface area contributed by atoms with Gasteiger partial charge in [-0.1, -0.05) is 17.8 Å². The van der Waals surface area contributed by atoms with E-state index in [4.69, 9.17) is 5.84 Å². The zero-order chi connectivity index (χ0) is 10.4. The number of nitrogens with one attached hydrogen (secondary N) is 1. The van der Waals surface area contributed by atoms with E-state index in [1.165, 1.54) is 11.5 Å². The first-order chi connectivity index (χ1) is 6.83. The van der Waals surface area contributed by atoms with Crippen molar-refractivity contribution in [1.82, 2.24) is 15.0 Å². The predicted molar refractivity (Wildman–Crippen MR) is 58.3 cm³/mol. The standard InChI is InChI=1S/C8H15N5S/c1-3-5-6-7(14-13-12-6)8(11-9)10-4-2/h3-5,9H2,1-2H3,(H,10,11). The Morgan fingerprint density at radius 3 is 2.93 bits per heavy atom. The van der Waals surface area contributed by atoms with Gasteiger partial charge in [0.2, 0.25) is 0 Å². The molecule has 0 bridgehead atoms. The van der Waals surface area contributed by atoms with Gasteiger partial charge in [-0.05, 0) is 24.9 Å². The summed E-state index contributed by atoms with van der Waals surface area (Å²) in [6.45, 7) is 4.77. The van der Waals surface area contributed by atoms with Crippen LogP contribution in [0.3, 0.4) is 0 Å². The summed E-state index contributed by atoms with van der Waals surface area (Å²) in [6, 6.07) is 0. The van der Waals surface area contributed by atoms with Gasteiger partial charge in [0.1, 0.15) is 4.88 Å². The third-order valence-corrected chi connectivity index (χ3v) is 2.49. The Balaban J connectivity index is 2.91. The molecule has 0 fully saturated rings. The average Bonchev–Trinajstić information content (AvgIpc) is 2.63. The number of hydrogen-bond donors (Lipinski definition) is 2. The van der Waals surface area contributed by atoms with Gasteiger partial charge >= 0.3 is 0 Å². The summed E-state index contributed by atoms with van der Waals surface area (Å²) < 4.78 is 3.91. The van der Waals surface area contributed by atoms with Crippen molar-refractivity contribution in [2.45, 2.75) is 26.7 Å². The molecule has 0 unspecified atom stereocenters. The van der Waals surface area contributed by atoms with Gasteiger partial charge in [0.25, 0.3) is 0 Å². The van der Waals surface area contributed by atoms with Gasteiger partial charge < -0.3 is 5.43 Å². The van der Waals surface area contributed by atoms with E-state index < -0.39 is 0 Å². The number of rotatable bonds is 4. The van der Waals surface area contributed by atoms with Crippen molar-refractivity contribution < 1.29 is 0 Å². The Morgan fingerprint density at radius 1 is 1.57 bits per heavy atom. The van der Waals surface area contributed by atoms with E-state index in [9.17, 15) is 0 Å². The number of aliphatic imine (C=N–C) groups is 1. The molecule has 0 atom stereocenters. The molecule has 0 aliphatic carbocycles. The molecule has 0 amide bonds. The molecule has 1 heterocycles. The second-order valence-electron chi connectivity index (χ2n) is 2.77. The summed E-state index contributed by atoms with van der Waals surface area (Å²) in [5.74, 6) is 6.07. The van der Waals surface area contributed by atoms with Crippen LogP contribution in [0.1, 0.15) is 30.8 Å². The molecule has 3 N–H and O–H groups in total. The average molecular weight is 213 g/mol. The number of aromatic nitrogens is 2. The maximum Gasteiger partial charge on any atom is 0.156 e. The molecule has 0 saturated heterocycles. The lowest BCUT2D eigenvalue weighted by Crippen LogP contribution is -2.31. The van der Waals surface area contributed by atoms with Crippen molar-refractivity contribution in [3.63, 3.8) is 0 Å². The lowest BCUT2D eigenvalue weighted by Gasteiger charge is -2.03. The van der Waals surface area contributed by atoms with Crippen LogP contribution in [0.5, 0.6) is 0 Å². The predicted octanol–water partition coefficient (Wildman–Crippen LogP) is 0.720. The fraction of sp³-hybridized carbons (Fsp3) is 0.625. The van der Waals surface area contributed by atoms with E-state index in [1.54, 1.807) is 0 Å². The Labute approximate surface area is 87.6 Å². The highest BCUT2D eigenvalue weighted by atomic mass is 32.1. The Kier molecular flexibility index (Phi) is 4.48. The van der Waals surface area contributed by atoms with Crippen molar-refractivity contribution in [3.05, 3.63) is 10.6 Å². The van der Waals surface area contributed by atoms with Crippen LogP contribution in [0.2, 0.25) is 0 Å². The van der Waals surface area contributed by atoms with E-state index in [-0.39, 0.29) is 0 Å². The molecule has 1 aromatic heterocycles. The number of aryl methyl sites for hydroxylation is 1. The van der Waals surface area contributed by atoms with Gasteiger partial charge in [0.15, 0.2) is 5.84 Å². The lowest BCUT2D eigenvalue weighted by atomic mass is 10.2. The van der Waals surface area contributed by atoms with Crippen molar-refractivity contribution in [1.29, 1.82) is 0 Å². The second-order valence-corrected chi connectivity index (χ2v) is 3.52. The molecule has 14 heavy (non-hydrogen) atoms. The topological polar surface area (TPSA) is 76.2 Å². The molecule has 78 valence electrons. The molecule has 5 nitrogen and oxygen atoms in total. The quantitative estimate of drug-likeness (QED) is 0.334. The van der Waals surface area contributed by atoms with Crippen LogP contribution in [0.15, 0.2) is 4.99 Å². The molecule has 0 radical (unpaired) electrons. The number of hydrazine groups is 1. The van der Waals surface area contributed by atoms with Gasteiger partial charge in [-0.15, -0.1) is 5.10 Å². The van der Waals surface area contributed by atoms with E-state index in [2.05, 4.69) is 26.9 Å². The van der Waals surface area contributed by atoms with Crippen molar-refractivity contribution in [2.75, 3.05) is 6.54 Å². The van der Waals surface area contributed by atoms with E-state index >= 15 is 0 Å². The second kappa shape index (κ2) is 5.66. The van der Waals surface area contributed by atoms with Crippen LogP contribution < -0.4 is 11.3 Å².